The van der Waals surface area contributed by atoms with Crippen LogP contribution >= 0.6 is 0 Å². The van der Waals surface area contributed by atoms with Crippen LogP contribution in [0.3, 0.4) is 0 Å². The van der Waals surface area contributed by atoms with Crippen molar-refractivity contribution in [1.29, 1.82) is 0 Å². The fraction of sp³-hybridized carbons (Fsp3) is 0.394. The summed E-state index contributed by atoms with van der Waals surface area (Å²) in [6, 6.07) is 19.7. The quantitative estimate of drug-likeness (QED) is 0.273. The van der Waals surface area contributed by atoms with Crippen molar-refractivity contribution in [3.63, 3.8) is 0 Å². The molecule has 7 nitrogen and oxygen atoms in total. The molecule has 0 bridgehead atoms. The van der Waals surface area contributed by atoms with Crippen molar-refractivity contribution < 1.29 is 26.8 Å². The van der Waals surface area contributed by atoms with Crippen LogP contribution in [0, 0.1) is 11.6 Å². The van der Waals surface area contributed by atoms with Gasteiger partial charge in [-0.15, -0.1) is 0 Å². The van der Waals surface area contributed by atoms with Gasteiger partial charge in [0.05, 0.1) is 11.9 Å². The van der Waals surface area contributed by atoms with E-state index in [1.54, 1.807) is 18.2 Å². The topological polar surface area (TPSA) is 86.8 Å². The van der Waals surface area contributed by atoms with Crippen molar-refractivity contribution in [2.24, 2.45) is 0 Å². The summed E-state index contributed by atoms with van der Waals surface area (Å²) < 4.78 is 54.5. The molecule has 3 aromatic carbocycles. The molecule has 3 aromatic rings. The fourth-order valence-electron chi connectivity index (χ4n) is 5.52. The summed E-state index contributed by atoms with van der Waals surface area (Å²) in [5.74, 6) is -1.65. The van der Waals surface area contributed by atoms with Crippen molar-refractivity contribution in [3.8, 4) is 0 Å². The Balaban J connectivity index is 1.59. The van der Waals surface area contributed by atoms with E-state index in [0.29, 0.717) is 0 Å². The second-order valence-corrected chi connectivity index (χ2v) is 13.0. The maximum atomic E-state index is 14.8. The number of halogens is 2. The number of anilines is 1. The van der Waals surface area contributed by atoms with E-state index in [-0.39, 0.29) is 55.6 Å². The van der Waals surface area contributed by atoms with Crippen LogP contribution in [0.1, 0.15) is 56.1 Å². The standard InChI is InChI=1S/C33H39F2N3O4S/c1-43(41,42)38(29-20-18-27(34)19-21-29)22-10-17-32(39)37(24-26-13-8-9-16-30(26)35)31(23-25-11-4-2-5-12-25)33(40)36-28-14-6-3-7-15-28/h2,4-5,8-9,11-13,16,18-21,28,31H,3,6-7,10,14-15,17,22-24H2,1H3,(H,36,40). The first-order valence-electron chi connectivity index (χ1n) is 14.7. The lowest BCUT2D eigenvalue weighted by atomic mass is 9.94. The molecule has 230 valence electrons. The number of amides is 2. The van der Waals surface area contributed by atoms with Crippen LogP contribution in [-0.2, 0) is 32.6 Å². The third-order valence-corrected chi connectivity index (χ3v) is 8.98. The molecule has 0 heterocycles. The number of hydrogen-bond acceptors (Lipinski definition) is 4. The molecule has 43 heavy (non-hydrogen) atoms. The molecule has 0 spiro atoms. The van der Waals surface area contributed by atoms with Crippen molar-refractivity contribution in [2.45, 2.75) is 70.0 Å². The van der Waals surface area contributed by atoms with Gasteiger partial charge in [-0.3, -0.25) is 13.9 Å². The van der Waals surface area contributed by atoms with Crippen molar-refractivity contribution in [1.82, 2.24) is 10.2 Å². The molecule has 1 aliphatic rings. The van der Waals surface area contributed by atoms with Crippen LogP contribution in [0.4, 0.5) is 14.5 Å². The molecule has 1 aliphatic carbocycles. The van der Waals surface area contributed by atoms with E-state index in [0.717, 1.165) is 48.2 Å². The van der Waals surface area contributed by atoms with Gasteiger partial charge in [0, 0.05) is 37.5 Å². The molecule has 1 N–H and O–H groups in total. The maximum absolute atomic E-state index is 14.8. The monoisotopic (exact) mass is 611 g/mol. The number of hydrogen-bond donors (Lipinski definition) is 1. The molecular weight excluding hydrogens is 572 g/mol. The summed E-state index contributed by atoms with van der Waals surface area (Å²) in [4.78, 5) is 29.2. The van der Waals surface area contributed by atoms with Gasteiger partial charge in [0.15, 0.2) is 0 Å². The van der Waals surface area contributed by atoms with Gasteiger partial charge >= 0.3 is 0 Å². The van der Waals surface area contributed by atoms with E-state index in [1.807, 2.05) is 30.3 Å². The lowest BCUT2D eigenvalue weighted by molar-refractivity contribution is -0.141. The lowest BCUT2D eigenvalue weighted by Crippen LogP contribution is -2.53. The van der Waals surface area contributed by atoms with Gasteiger partial charge in [0.25, 0.3) is 0 Å². The summed E-state index contributed by atoms with van der Waals surface area (Å²) in [5.41, 5.74) is 1.43. The predicted octanol–water partition coefficient (Wildman–Crippen LogP) is 5.60. The Morgan fingerprint density at radius 3 is 2.21 bits per heavy atom. The highest BCUT2D eigenvalue weighted by Crippen LogP contribution is 2.22. The number of rotatable bonds is 13. The predicted molar refractivity (Wildman–Crippen MR) is 164 cm³/mol. The molecule has 1 atom stereocenters. The second kappa shape index (κ2) is 15.1. The van der Waals surface area contributed by atoms with Gasteiger partial charge in [0.1, 0.15) is 17.7 Å². The van der Waals surface area contributed by atoms with Crippen LogP contribution in [0.25, 0.3) is 0 Å². The van der Waals surface area contributed by atoms with Gasteiger partial charge in [-0.2, -0.15) is 0 Å². The Kier molecular flexibility index (Phi) is 11.3. The minimum absolute atomic E-state index is 0.0176. The molecule has 4 rings (SSSR count). The Hall–Kier alpha value is -3.79. The van der Waals surface area contributed by atoms with Crippen molar-refractivity contribution in [2.75, 3.05) is 17.1 Å². The molecule has 0 aliphatic heterocycles. The zero-order chi connectivity index (χ0) is 30.8. The highest BCUT2D eigenvalue weighted by atomic mass is 32.2. The number of carbonyl (C=O) groups is 2. The van der Waals surface area contributed by atoms with Crippen LogP contribution in [0.15, 0.2) is 78.9 Å². The first-order chi connectivity index (χ1) is 20.6. The molecule has 0 radical (unpaired) electrons. The molecule has 1 unspecified atom stereocenters. The van der Waals surface area contributed by atoms with Gasteiger partial charge in [-0.25, -0.2) is 17.2 Å². The molecule has 10 heteroatoms. The first-order valence-corrected chi connectivity index (χ1v) is 16.6. The highest BCUT2D eigenvalue weighted by molar-refractivity contribution is 7.92. The van der Waals surface area contributed by atoms with E-state index >= 15 is 0 Å². The molecule has 0 saturated heterocycles. The third kappa shape index (κ3) is 9.35. The van der Waals surface area contributed by atoms with Gasteiger partial charge < -0.3 is 10.2 Å². The SMILES string of the molecule is CS(=O)(=O)N(CCCC(=O)N(Cc1ccccc1F)C(Cc1ccccc1)C(=O)NC1CCCCC1)c1ccc(F)cc1. The first kappa shape index (κ1) is 32.1. The number of sulfonamides is 1. The van der Waals surface area contributed by atoms with E-state index < -0.39 is 33.6 Å². The Bertz CT molecular complexity index is 1460. The van der Waals surface area contributed by atoms with Gasteiger partial charge in [-0.05, 0) is 55.2 Å². The number of nitrogens with zero attached hydrogens (tertiary/aromatic N) is 2. The summed E-state index contributed by atoms with van der Waals surface area (Å²) in [5, 5.41) is 3.15. The zero-order valence-corrected chi connectivity index (χ0v) is 25.2. The summed E-state index contributed by atoms with van der Waals surface area (Å²) in [6.07, 6.45) is 6.27. The molecule has 1 fully saturated rings. The number of nitrogens with one attached hydrogen (secondary N) is 1. The summed E-state index contributed by atoms with van der Waals surface area (Å²) in [6.45, 7) is -0.143. The normalized spacial score (nSPS) is 14.6. The van der Waals surface area contributed by atoms with E-state index in [9.17, 15) is 26.8 Å². The van der Waals surface area contributed by atoms with Crippen LogP contribution in [0.2, 0.25) is 0 Å². The van der Waals surface area contributed by atoms with Crippen LogP contribution < -0.4 is 9.62 Å². The van der Waals surface area contributed by atoms with Gasteiger partial charge in [0.2, 0.25) is 21.8 Å². The minimum Gasteiger partial charge on any atom is -0.352 e. The van der Waals surface area contributed by atoms with Gasteiger partial charge in [-0.1, -0.05) is 67.8 Å². The third-order valence-electron chi connectivity index (χ3n) is 7.79. The maximum Gasteiger partial charge on any atom is 0.243 e. The largest absolute Gasteiger partial charge is 0.352 e. The fourth-order valence-corrected chi connectivity index (χ4v) is 6.49. The zero-order valence-electron chi connectivity index (χ0n) is 24.4. The van der Waals surface area contributed by atoms with E-state index in [2.05, 4.69) is 5.32 Å². The molecule has 1 saturated carbocycles. The number of carbonyl (C=O) groups excluding carboxylic acids is 2. The minimum atomic E-state index is -3.72. The second-order valence-electron chi connectivity index (χ2n) is 11.1. The van der Waals surface area contributed by atoms with E-state index in [1.165, 1.54) is 35.2 Å². The Morgan fingerprint density at radius 2 is 1.56 bits per heavy atom. The summed E-state index contributed by atoms with van der Waals surface area (Å²) >= 11 is 0. The average molecular weight is 612 g/mol. The van der Waals surface area contributed by atoms with Crippen molar-refractivity contribution >= 4 is 27.5 Å². The smallest absolute Gasteiger partial charge is 0.243 e. The Labute approximate surface area is 252 Å². The Morgan fingerprint density at radius 1 is 0.907 bits per heavy atom. The van der Waals surface area contributed by atoms with E-state index in [4.69, 9.17) is 0 Å². The molecule has 2 amide bonds. The lowest BCUT2D eigenvalue weighted by Gasteiger charge is -2.34. The van der Waals surface area contributed by atoms with Crippen molar-refractivity contribution in [3.05, 3.63) is 102 Å². The van der Waals surface area contributed by atoms with Crippen LogP contribution in [0.5, 0.6) is 0 Å². The highest BCUT2D eigenvalue weighted by Gasteiger charge is 2.32. The molecular formula is C33H39F2N3O4S. The summed E-state index contributed by atoms with van der Waals surface area (Å²) in [7, 11) is -3.72. The van der Waals surface area contributed by atoms with Crippen LogP contribution in [-0.4, -0.2) is 50.0 Å². The average Bonchev–Trinajstić information content (AvgIpc) is 2.99. The molecule has 0 aromatic heterocycles. The number of benzene rings is 3.